The van der Waals surface area contributed by atoms with Crippen LogP contribution >= 0.6 is 0 Å². The Kier molecular flexibility index (Phi) is 7.45. The van der Waals surface area contributed by atoms with E-state index >= 15 is 0 Å². The highest BCUT2D eigenvalue weighted by Crippen LogP contribution is 2.25. The van der Waals surface area contributed by atoms with E-state index in [-0.39, 0.29) is 0 Å². The van der Waals surface area contributed by atoms with E-state index in [0.717, 1.165) is 30.8 Å². The molecule has 0 spiro atoms. The van der Waals surface area contributed by atoms with Crippen LogP contribution in [0.25, 0.3) is 0 Å². The van der Waals surface area contributed by atoms with Crippen molar-refractivity contribution in [2.24, 2.45) is 0 Å². The first-order valence-corrected chi connectivity index (χ1v) is 6.44. The average Bonchev–Trinajstić information content (AvgIpc) is 2.42. The van der Waals surface area contributed by atoms with E-state index in [9.17, 15) is 0 Å². The third-order valence-electron chi connectivity index (χ3n) is 2.47. The van der Waals surface area contributed by atoms with Gasteiger partial charge in [-0.15, -0.1) is 0 Å². The van der Waals surface area contributed by atoms with Gasteiger partial charge in [-0.2, -0.15) is 0 Å². The fourth-order valence-electron chi connectivity index (χ4n) is 1.54. The standard InChI is InChI=1S/C16H22O2/c1-3-4-5-6-7-8-11-14-18-16-13-10-9-12-15(16)17-2/h4-5,8-13H,3,6-7,14H2,1-2H3. The predicted molar refractivity (Wildman–Crippen MR) is 76.3 cm³/mol. The van der Waals surface area contributed by atoms with E-state index in [1.165, 1.54) is 0 Å². The summed E-state index contributed by atoms with van der Waals surface area (Å²) in [6.45, 7) is 2.73. The lowest BCUT2D eigenvalue weighted by molar-refractivity contribution is 0.326. The van der Waals surface area contributed by atoms with Gasteiger partial charge in [-0.25, -0.2) is 0 Å². The molecule has 1 aromatic carbocycles. The zero-order valence-corrected chi connectivity index (χ0v) is 11.3. The monoisotopic (exact) mass is 246 g/mol. The molecule has 0 heterocycles. The maximum atomic E-state index is 5.63. The second kappa shape index (κ2) is 9.34. The molecule has 0 aliphatic rings. The first-order valence-electron chi connectivity index (χ1n) is 6.44. The van der Waals surface area contributed by atoms with Crippen molar-refractivity contribution in [1.82, 2.24) is 0 Å². The summed E-state index contributed by atoms with van der Waals surface area (Å²) in [4.78, 5) is 0. The largest absolute Gasteiger partial charge is 0.493 e. The zero-order valence-electron chi connectivity index (χ0n) is 11.3. The summed E-state index contributed by atoms with van der Waals surface area (Å²) in [6, 6.07) is 7.68. The van der Waals surface area contributed by atoms with Crippen LogP contribution in [0.15, 0.2) is 48.6 Å². The molecule has 0 N–H and O–H groups in total. The Morgan fingerprint density at radius 2 is 1.61 bits per heavy atom. The van der Waals surface area contributed by atoms with Gasteiger partial charge in [0.2, 0.25) is 0 Å². The molecule has 0 aliphatic carbocycles. The van der Waals surface area contributed by atoms with Crippen LogP contribution in [0.3, 0.4) is 0 Å². The third kappa shape index (κ3) is 5.58. The molecule has 0 aromatic heterocycles. The van der Waals surface area contributed by atoms with E-state index in [2.05, 4.69) is 25.2 Å². The molecule has 18 heavy (non-hydrogen) atoms. The fraction of sp³-hybridized carbons (Fsp3) is 0.375. The minimum Gasteiger partial charge on any atom is -0.493 e. The Balaban J connectivity index is 2.24. The number of ether oxygens (including phenoxy) is 2. The molecule has 0 radical (unpaired) electrons. The van der Waals surface area contributed by atoms with Crippen LogP contribution < -0.4 is 9.47 Å². The molecule has 2 heteroatoms. The Bertz CT molecular complexity index is 380. The number of hydrogen-bond donors (Lipinski definition) is 0. The van der Waals surface area contributed by atoms with Crippen LogP contribution in [-0.4, -0.2) is 13.7 Å². The van der Waals surface area contributed by atoms with Crippen molar-refractivity contribution in [2.75, 3.05) is 13.7 Å². The first-order chi connectivity index (χ1) is 8.88. The molecule has 98 valence electrons. The second-order valence-electron chi connectivity index (χ2n) is 3.89. The normalized spacial score (nSPS) is 11.2. The van der Waals surface area contributed by atoms with E-state index in [1.807, 2.05) is 30.3 Å². The van der Waals surface area contributed by atoms with E-state index in [4.69, 9.17) is 9.47 Å². The Morgan fingerprint density at radius 1 is 0.944 bits per heavy atom. The molecule has 0 atom stereocenters. The maximum Gasteiger partial charge on any atom is 0.161 e. The molecule has 1 rings (SSSR count). The van der Waals surface area contributed by atoms with E-state index in [0.29, 0.717) is 6.61 Å². The summed E-state index contributed by atoms with van der Waals surface area (Å²) in [5, 5.41) is 0. The second-order valence-corrected chi connectivity index (χ2v) is 3.89. The summed E-state index contributed by atoms with van der Waals surface area (Å²) >= 11 is 0. The number of hydrogen-bond acceptors (Lipinski definition) is 2. The number of unbranched alkanes of at least 4 members (excludes halogenated alkanes) is 1. The molecule has 0 saturated heterocycles. The highest BCUT2D eigenvalue weighted by Gasteiger charge is 1.99. The molecule has 2 nitrogen and oxygen atoms in total. The highest BCUT2D eigenvalue weighted by atomic mass is 16.5. The Labute approximate surface area is 110 Å². The summed E-state index contributed by atoms with van der Waals surface area (Å²) < 4.78 is 10.8. The zero-order chi connectivity index (χ0) is 13.1. The van der Waals surface area contributed by atoms with Crippen LogP contribution in [0, 0.1) is 0 Å². The molecule has 0 bridgehead atoms. The predicted octanol–water partition coefficient (Wildman–Crippen LogP) is 4.38. The molecular formula is C16H22O2. The van der Waals surface area contributed by atoms with Gasteiger partial charge in [-0.3, -0.25) is 0 Å². The first kappa shape index (κ1) is 14.4. The van der Waals surface area contributed by atoms with Crippen molar-refractivity contribution < 1.29 is 9.47 Å². The van der Waals surface area contributed by atoms with Gasteiger partial charge in [0, 0.05) is 0 Å². The van der Waals surface area contributed by atoms with Crippen molar-refractivity contribution in [1.29, 1.82) is 0 Å². The maximum absolute atomic E-state index is 5.63. The molecular weight excluding hydrogens is 224 g/mol. The lowest BCUT2D eigenvalue weighted by Crippen LogP contribution is -1.95. The quantitative estimate of drug-likeness (QED) is 0.500. The van der Waals surface area contributed by atoms with Crippen LogP contribution in [0.1, 0.15) is 26.2 Å². The molecule has 0 amide bonds. The smallest absolute Gasteiger partial charge is 0.161 e. The lowest BCUT2D eigenvalue weighted by atomic mass is 10.2. The van der Waals surface area contributed by atoms with Crippen LogP contribution in [-0.2, 0) is 0 Å². The van der Waals surface area contributed by atoms with E-state index < -0.39 is 0 Å². The van der Waals surface area contributed by atoms with Gasteiger partial charge >= 0.3 is 0 Å². The fourth-order valence-corrected chi connectivity index (χ4v) is 1.54. The molecule has 0 fully saturated rings. The number of rotatable bonds is 8. The van der Waals surface area contributed by atoms with Gasteiger partial charge in [0.05, 0.1) is 7.11 Å². The van der Waals surface area contributed by atoms with Crippen molar-refractivity contribution in [3.05, 3.63) is 48.6 Å². The van der Waals surface area contributed by atoms with Crippen LogP contribution in [0.5, 0.6) is 11.5 Å². The highest BCUT2D eigenvalue weighted by molar-refractivity contribution is 5.39. The van der Waals surface area contributed by atoms with Gasteiger partial charge in [0.1, 0.15) is 6.61 Å². The summed E-state index contributed by atoms with van der Waals surface area (Å²) in [6.07, 6.45) is 11.9. The van der Waals surface area contributed by atoms with Crippen LogP contribution in [0.4, 0.5) is 0 Å². The third-order valence-corrected chi connectivity index (χ3v) is 2.47. The number of allylic oxidation sites excluding steroid dienone is 3. The molecule has 0 aliphatic heterocycles. The molecule has 0 saturated carbocycles. The summed E-state index contributed by atoms with van der Waals surface area (Å²) in [5.74, 6) is 1.56. The van der Waals surface area contributed by atoms with Crippen molar-refractivity contribution >= 4 is 0 Å². The van der Waals surface area contributed by atoms with Crippen LogP contribution in [0.2, 0.25) is 0 Å². The minimum atomic E-state index is 0.581. The van der Waals surface area contributed by atoms with Gasteiger partial charge in [-0.1, -0.05) is 43.4 Å². The number of para-hydroxylation sites is 2. The molecule has 0 unspecified atom stereocenters. The van der Waals surface area contributed by atoms with Gasteiger partial charge in [0.15, 0.2) is 11.5 Å². The van der Waals surface area contributed by atoms with Gasteiger partial charge < -0.3 is 9.47 Å². The summed E-state index contributed by atoms with van der Waals surface area (Å²) in [5.41, 5.74) is 0. The Morgan fingerprint density at radius 3 is 2.28 bits per heavy atom. The SMILES string of the molecule is CCC=CCCC=CCOc1ccccc1OC. The minimum absolute atomic E-state index is 0.581. The summed E-state index contributed by atoms with van der Waals surface area (Å²) in [7, 11) is 1.65. The van der Waals surface area contributed by atoms with Crippen molar-refractivity contribution in [3.8, 4) is 11.5 Å². The lowest BCUT2D eigenvalue weighted by Gasteiger charge is -2.07. The van der Waals surface area contributed by atoms with Gasteiger partial charge in [-0.05, 0) is 31.4 Å². The number of benzene rings is 1. The average molecular weight is 246 g/mol. The van der Waals surface area contributed by atoms with E-state index in [1.54, 1.807) is 7.11 Å². The van der Waals surface area contributed by atoms with Crippen molar-refractivity contribution in [3.63, 3.8) is 0 Å². The number of methoxy groups -OCH3 is 1. The molecule has 1 aromatic rings. The Hall–Kier alpha value is -1.70. The topological polar surface area (TPSA) is 18.5 Å². The van der Waals surface area contributed by atoms with Gasteiger partial charge in [0.25, 0.3) is 0 Å². The van der Waals surface area contributed by atoms with Crippen molar-refractivity contribution in [2.45, 2.75) is 26.2 Å².